The van der Waals surface area contributed by atoms with Gasteiger partial charge in [0.25, 0.3) is 0 Å². The lowest BCUT2D eigenvalue weighted by Gasteiger charge is -2.11. The highest BCUT2D eigenvalue weighted by molar-refractivity contribution is 6.20. The molecule has 21 heavy (non-hydrogen) atoms. The van der Waals surface area contributed by atoms with Crippen LogP contribution in [0.2, 0.25) is 0 Å². The maximum atomic E-state index is 6.30. The van der Waals surface area contributed by atoms with Crippen LogP contribution in [0.15, 0.2) is 12.4 Å². The normalized spacial score (nSPS) is 13.2. The molecular formula is C14H19ClN6. The van der Waals surface area contributed by atoms with Crippen molar-refractivity contribution in [1.29, 1.82) is 0 Å². The Morgan fingerprint density at radius 1 is 1.33 bits per heavy atom. The Morgan fingerprint density at radius 3 is 2.71 bits per heavy atom. The van der Waals surface area contributed by atoms with Crippen LogP contribution in [0.4, 0.5) is 0 Å². The van der Waals surface area contributed by atoms with Crippen molar-refractivity contribution in [2.75, 3.05) is 0 Å². The number of nitrogens with zero attached hydrogens (tertiary/aromatic N) is 6. The molecule has 112 valence electrons. The average Bonchev–Trinajstić information content (AvgIpc) is 3.05. The molecule has 0 saturated carbocycles. The van der Waals surface area contributed by atoms with Crippen LogP contribution in [0, 0.1) is 6.92 Å². The molecular weight excluding hydrogens is 288 g/mol. The number of halogens is 1. The Balaban J connectivity index is 2.03. The van der Waals surface area contributed by atoms with Crippen molar-refractivity contribution >= 4 is 22.8 Å². The minimum absolute atomic E-state index is 0.141. The molecule has 3 aromatic rings. The molecule has 0 aliphatic carbocycles. The number of hydrogen-bond donors (Lipinski definition) is 0. The van der Waals surface area contributed by atoms with Gasteiger partial charge in [-0.3, -0.25) is 4.68 Å². The van der Waals surface area contributed by atoms with Gasteiger partial charge in [0.05, 0.1) is 11.1 Å². The lowest BCUT2D eigenvalue weighted by molar-refractivity contribution is 0.612. The maximum Gasteiger partial charge on any atom is 0.158 e. The zero-order valence-electron chi connectivity index (χ0n) is 12.7. The van der Waals surface area contributed by atoms with Crippen LogP contribution in [0.3, 0.4) is 0 Å². The van der Waals surface area contributed by atoms with E-state index < -0.39 is 0 Å². The van der Waals surface area contributed by atoms with Crippen molar-refractivity contribution in [2.45, 2.75) is 32.2 Å². The Hall–Kier alpha value is -1.82. The van der Waals surface area contributed by atoms with E-state index in [-0.39, 0.29) is 5.38 Å². The third-order valence-electron chi connectivity index (χ3n) is 3.76. The molecule has 0 aliphatic rings. The number of rotatable bonds is 4. The summed E-state index contributed by atoms with van der Waals surface area (Å²) in [6.07, 6.45) is 4.60. The van der Waals surface area contributed by atoms with Gasteiger partial charge in [-0.2, -0.15) is 5.10 Å². The van der Waals surface area contributed by atoms with Gasteiger partial charge in [0.1, 0.15) is 17.2 Å². The first-order chi connectivity index (χ1) is 9.99. The van der Waals surface area contributed by atoms with E-state index in [0.29, 0.717) is 0 Å². The quantitative estimate of drug-likeness (QED) is 0.695. The summed E-state index contributed by atoms with van der Waals surface area (Å²) in [5, 5.41) is 4.30. The summed E-state index contributed by atoms with van der Waals surface area (Å²) in [4.78, 5) is 9.05. The predicted molar refractivity (Wildman–Crippen MR) is 82.4 cm³/mol. The second-order valence-electron chi connectivity index (χ2n) is 5.32. The molecule has 3 heterocycles. The van der Waals surface area contributed by atoms with E-state index in [4.69, 9.17) is 11.6 Å². The zero-order chi connectivity index (χ0) is 15.1. The van der Waals surface area contributed by atoms with E-state index in [2.05, 4.69) is 19.6 Å². The van der Waals surface area contributed by atoms with Crippen LogP contribution in [-0.4, -0.2) is 28.9 Å². The Morgan fingerprint density at radius 2 is 2.10 bits per heavy atom. The highest BCUT2D eigenvalue weighted by Crippen LogP contribution is 2.26. The number of aryl methyl sites for hydroxylation is 5. The van der Waals surface area contributed by atoms with Crippen molar-refractivity contribution in [3.05, 3.63) is 29.7 Å². The zero-order valence-corrected chi connectivity index (χ0v) is 13.5. The van der Waals surface area contributed by atoms with E-state index in [0.717, 1.165) is 41.5 Å². The largest absolute Gasteiger partial charge is 0.338 e. The summed E-state index contributed by atoms with van der Waals surface area (Å²) in [7, 11) is 3.95. The summed E-state index contributed by atoms with van der Waals surface area (Å²) in [6, 6.07) is 0. The molecule has 0 aliphatic heterocycles. The van der Waals surface area contributed by atoms with E-state index >= 15 is 0 Å². The summed E-state index contributed by atoms with van der Waals surface area (Å²) < 4.78 is 6.06. The molecule has 0 N–H and O–H groups in total. The smallest absolute Gasteiger partial charge is 0.158 e. The second kappa shape index (κ2) is 5.18. The molecule has 1 atom stereocenters. The fourth-order valence-corrected chi connectivity index (χ4v) is 2.89. The van der Waals surface area contributed by atoms with Gasteiger partial charge < -0.3 is 9.13 Å². The standard InChI is InChI=1S/C14H19ClN6/c1-9(15)13-17-12-10(2)18-20(4)14(12)21(13)7-5-11-16-6-8-19(11)3/h6,8-9H,5,7H2,1-4H3. The first-order valence-electron chi connectivity index (χ1n) is 6.99. The molecule has 1 unspecified atom stereocenters. The minimum atomic E-state index is -0.141. The van der Waals surface area contributed by atoms with Gasteiger partial charge in [0.15, 0.2) is 5.65 Å². The minimum Gasteiger partial charge on any atom is -0.338 e. The van der Waals surface area contributed by atoms with Crippen LogP contribution in [-0.2, 0) is 27.1 Å². The van der Waals surface area contributed by atoms with E-state index in [1.807, 2.05) is 49.6 Å². The van der Waals surface area contributed by atoms with Crippen molar-refractivity contribution < 1.29 is 0 Å². The van der Waals surface area contributed by atoms with Gasteiger partial charge in [-0.05, 0) is 13.8 Å². The molecule has 0 aromatic carbocycles. The number of alkyl halides is 1. The van der Waals surface area contributed by atoms with Gasteiger partial charge in [0, 0.05) is 39.5 Å². The molecule has 6 nitrogen and oxygen atoms in total. The van der Waals surface area contributed by atoms with Gasteiger partial charge in [-0.1, -0.05) is 0 Å². The summed E-state index contributed by atoms with van der Waals surface area (Å²) in [5.74, 6) is 1.93. The van der Waals surface area contributed by atoms with E-state index in [9.17, 15) is 0 Å². The fourth-order valence-electron chi connectivity index (χ4n) is 2.72. The SMILES string of the molecule is Cc1nn(C)c2c1nc(C(C)Cl)n2CCc1nccn1C. The Bertz CT molecular complexity index is 779. The average molecular weight is 307 g/mol. The van der Waals surface area contributed by atoms with E-state index in [1.165, 1.54) is 0 Å². The molecule has 0 amide bonds. The van der Waals surface area contributed by atoms with Crippen molar-refractivity contribution in [3.63, 3.8) is 0 Å². The van der Waals surface area contributed by atoms with Gasteiger partial charge in [-0.15, -0.1) is 11.6 Å². The molecule has 0 radical (unpaired) electrons. The monoisotopic (exact) mass is 306 g/mol. The highest BCUT2D eigenvalue weighted by atomic mass is 35.5. The van der Waals surface area contributed by atoms with Gasteiger partial charge in [-0.25, -0.2) is 9.97 Å². The first kappa shape index (κ1) is 14.1. The lowest BCUT2D eigenvalue weighted by Crippen LogP contribution is -2.11. The van der Waals surface area contributed by atoms with Gasteiger partial charge in [0.2, 0.25) is 0 Å². The fraction of sp³-hybridized carbons (Fsp3) is 0.500. The summed E-state index contributed by atoms with van der Waals surface area (Å²) in [5.41, 5.74) is 2.88. The van der Waals surface area contributed by atoms with E-state index in [1.54, 1.807) is 0 Å². The summed E-state index contributed by atoms with van der Waals surface area (Å²) in [6.45, 7) is 4.70. The van der Waals surface area contributed by atoms with Gasteiger partial charge >= 0.3 is 0 Å². The third-order valence-corrected chi connectivity index (χ3v) is 3.95. The Labute approximate surface area is 128 Å². The number of hydrogen-bond acceptors (Lipinski definition) is 3. The van der Waals surface area contributed by atoms with Crippen molar-refractivity contribution in [3.8, 4) is 0 Å². The van der Waals surface area contributed by atoms with Crippen LogP contribution < -0.4 is 0 Å². The maximum absolute atomic E-state index is 6.30. The number of aromatic nitrogens is 6. The molecule has 0 spiro atoms. The van der Waals surface area contributed by atoms with Crippen molar-refractivity contribution in [2.24, 2.45) is 14.1 Å². The molecule has 0 saturated heterocycles. The Kier molecular flexibility index (Phi) is 3.49. The predicted octanol–water partition coefficient (Wildman–Crippen LogP) is 2.35. The van der Waals surface area contributed by atoms with Crippen LogP contribution >= 0.6 is 11.6 Å². The number of imidazole rings is 2. The first-order valence-corrected chi connectivity index (χ1v) is 7.42. The molecule has 0 fully saturated rings. The second-order valence-corrected chi connectivity index (χ2v) is 5.98. The topological polar surface area (TPSA) is 53.5 Å². The van der Waals surface area contributed by atoms with Crippen molar-refractivity contribution in [1.82, 2.24) is 28.9 Å². The molecule has 0 bridgehead atoms. The highest BCUT2D eigenvalue weighted by Gasteiger charge is 2.20. The molecule has 3 aromatic heterocycles. The summed E-state index contributed by atoms with van der Waals surface area (Å²) >= 11 is 6.30. The van der Waals surface area contributed by atoms with Crippen LogP contribution in [0.1, 0.15) is 29.6 Å². The molecule has 3 rings (SSSR count). The lowest BCUT2D eigenvalue weighted by atomic mass is 10.3. The number of fused-ring (bicyclic) bond motifs is 1. The molecule has 7 heteroatoms. The van der Waals surface area contributed by atoms with Crippen LogP contribution in [0.5, 0.6) is 0 Å². The van der Waals surface area contributed by atoms with Crippen LogP contribution in [0.25, 0.3) is 11.2 Å². The third kappa shape index (κ3) is 2.33.